The number of para-hydroxylation sites is 1. The van der Waals surface area contributed by atoms with E-state index < -0.39 is 0 Å². The van der Waals surface area contributed by atoms with Gasteiger partial charge in [0.25, 0.3) is 0 Å². The van der Waals surface area contributed by atoms with Gasteiger partial charge in [0.2, 0.25) is 0 Å². The summed E-state index contributed by atoms with van der Waals surface area (Å²) in [5, 5.41) is 3.30. The van der Waals surface area contributed by atoms with Gasteiger partial charge in [0.05, 0.1) is 19.9 Å². The molecule has 0 aliphatic rings. The number of furan rings is 1. The van der Waals surface area contributed by atoms with Crippen molar-refractivity contribution >= 4 is 0 Å². The van der Waals surface area contributed by atoms with Crippen LogP contribution in [0.3, 0.4) is 0 Å². The minimum atomic E-state index is 0.779. The van der Waals surface area contributed by atoms with Crippen LogP contribution in [0.2, 0.25) is 0 Å². The van der Waals surface area contributed by atoms with Crippen molar-refractivity contribution in [1.29, 1.82) is 0 Å². The van der Waals surface area contributed by atoms with Crippen molar-refractivity contribution in [2.75, 3.05) is 20.7 Å². The number of hydrogen-bond acceptors (Lipinski definition) is 4. The van der Waals surface area contributed by atoms with Gasteiger partial charge in [0, 0.05) is 24.2 Å². The summed E-state index contributed by atoms with van der Waals surface area (Å²) >= 11 is 0. The van der Waals surface area contributed by atoms with Crippen LogP contribution in [0, 0.1) is 0 Å². The molecule has 4 heteroatoms. The lowest BCUT2D eigenvalue weighted by molar-refractivity contribution is 0.306. The summed E-state index contributed by atoms with van der Waals surface area (Å²) < 4.78 is 11.0. The predicted molar refractivity (Wildman–Crippen MR) is 84.3 cm³/mol. The highest BCUT2D eigenvalue weighted by molar-refractivity contribution is 5.33. The lowest BCUT2D eigenvalue weighted by atomic mass is 10.1. The Hall–Kier alpha value is -1.78. The van der Waals surface area contributed by atoms with E-state index in [1.165, 1.54) is 11.1 Å². The fraction of sp³-hybridized carbons (Fsp3) is 0.412. The van der Waals surface area contributed by atoms with Crippen molar-refractivity contribution in [1.82, 2.24) is 10.2 Å². The Kier molecular flexibility index (Phi) is 5.84. The smallest absolute Gasteiger partial charge is 0.123 e. The number of methoxy groups -OCH3 is 1. The molecule has 1 aromatic heterocycles. The third kappa shape index (κ3) is 4.34. The van der Waals surface area contributed by atoms with Gasteiger partial charge in [-0.3, -0.25) is 4.90 Å². The average Bonchev–Trinajstić information content (AvgIpc) is 2.92. The van der Waals surface area contributed by atoms with E-state index in [1.54, 1.807) is 13.4 Å². The summed E-state index contributed by atoms with van der Waals surface area (Å²) in [4.78, 5) is 2.26. The maximum atomic E-state index is 5.55. The highest BCUT2D eigenvalue weighted by Gasteiger charge is 2.10. The Balaban J connectivity index is 1.98. The molecule has 2 rings (SSSR count). The van der Waals surface area contributed by atoms with Gasteiger partial charge in [-0.2, -0.15) is 0 Å². The Morgan fingerprint density at radius 1 is 1.14 bits per heavy atom. The molecule has 0 aliphatic carbocycles. The molecular weight excluding hydrogens is 264 g/mol. The lowest BCUT2D eigenvalue weighted by Gasteiger charge is -2.18. The number of nitrogens with one attached hydrogen (secondary N) is 1. The molecule has 2 aromatic rings. The lowest BCUT2D eigenvalue weighted by Crippen LogP contribution is -2.19. The largest absolute Gasteiger partial charge is 0.496 e. The second kappa shape index (κ2) is 7.86. The topological polar surface area (TPSA) is 37.6 Å². The molecule has 0 aliphatic heterocycles. The van der Waals surface area contributed by atoms with E-state index in [0.717, 1.165) is 37.7 Å². The number of nitrogens with zero attached hydrogens (tertiary/aromatic N) is 1. The van der Waals surface area contributed by atoms with Gasteiger partial charge >= 0.3 is 0 Å². The average molecular weight is 288 g/mol. The fourth-order valence-electron chi connectivity index (χ4n) is 2.37. The first-order valence-electron chi connectivity index (χ1n) is 7.31. The van der Waals surface area contributed by atoms with Crippen LogP contribution in [0.15, 0.2) is 41.0 Å². The van der Waals surface area contributed by atoms with E-state index >= 15 is 0 Å². The molecule has 1 heterocycles. The second-order valence-electron chi connectivity index (χ2n) is 5.13. The van der Waals surface area contributed by atoms with Gasteiger partial charge in [0.1, 0.15) is 11.5 Å². The van der Waals surface area contributed by atoms with Crippen molar-refractivity contribution < 1.29 is 9.15 Å². The van der Waals surface area contributed by atoms with Gasteiger partial charge in [-0.05, 0) is 25.7 Å². The summed E-state index contributed by atoms with van der Waals surface area (Å²) in [5.74, 6) is 1.95. The monoisotopic (exact) mass is 288 g/mol. The molecule has 0 fully saturated rings. The number of ether oxygens (including phenoxy) is 1. The molecule has 0 unspecified atom stereocenters. The standard InChI is InChI=1S/C17H24N2O2/c1-4-18-11-17-15(9-10-21-17)13-19(2)12-14-7-5-6-8-16(14)20-3/h5-10,18H,4,11-13H2,1-3H3. The minimum absolute atomic E-state index is 0.779. The quantitative estimate of drug-likeness (QED) is 0.810. The van der Waals surface area contributed by atoms with E-state index in [-0.39, 0.29) is 0 Å². The highest BCUT2D eigenvalue weighted by atomic mass is 16.5. The number of hydrogen-bond donors (Lipinski definition) is 1. The molecule has 0 saturated carbocycles. The van der Waals surface area contributed by atoms with Gasteiger partial charge in [-0.1, -0.05) is 25.1 Å². The Morgan fingerprint density at radius 2 is 1.90 bits per heavy atom. The van der Waals surface area contributed by atoms with Crippen LogP contribution < -0.4 is 10.1 Å². The van der Waals surface area contributed by atoms with Crippen LogP contribution in [0.5, 0.6) is 5.75 Å². The predicted octanol–water partition coefficient (Wildman–Crippen LogP) is 3.03. The Morgan fingerprint density at radius 3 is 2.67 bits per heavy atom. The molecule has 114 valence electrons. The van der Waals surface area contributed by atoms with Crippen LogP contribution in [0.4, 0.5) is 0 Å². The molecule has 0 atom stereocenters. The SMILES string of the molecule is CCNCc1occc1CN(C)Cc1ccccc1OC. The molecule has 0 saturated heterocycles. The van der Waals surface area contributed by atoms with Gasteiger partial charge in [-0.25, -0.2) is 0 Å². The molecular formula is C17H24N2O2. The van der Waals surface area contributed by atoms with Crippen LogP contribution in [-0.4, -0.2) is 25.6 Å². The fourth-order valence-corrected chi connectivity index (χ4v) is 2.37. The van der Waals surface area contributed by atoms with E-state index in [9.17, 15) is 0 Å². The van der Waals surface area contributed by atoms with E-state index in [4.69, 9.17) is 9.15 Å². The highest BCUT2D eigenvalue weighted by Crippen LogP contribution is 2.20. The van der Waals surface area contributed by atoms with Crippen LogP contribution in [0.25, 0.3) is 0 Å². The first-order valence-corrected chi connectivity index (χ1v) is 7.31. The van der Waals surface area contributed by atoms with Gasteiger partial charge in [0.15, 0.2) is 0 Å². The molecule has 1 aromatic carbocycles. The second-order valence-corrected chi connectivity index (χ2v) is 5.13. The van der Waals surface area contributed by atoms with Gasteiger partial charge in [-0.15, -0.1) is 0 Å². The molecule has 21 heavy (non-hydrogen) atoms. The summed E-state index contributed by atoms with van der Waals surface area (Å²) in [7, 11) is 3.82. The maximum absolute atomic E-state index is 5.55. The van der Waals surface area contributed by atoms with Gasteiger partial charge < -0.3 is 14.5 Å². The van der Waals surface area contributed by atoms with E-state index in [1.807, 2.05) is 24.3 Å². The van der Waals surface area contributed by atoms with Crippen molar-refractivity contribution in [2.45, 2.75) is 26.6 Å². The van der Waals surface area contributed by atoms with Crippen molar-refractivity contribution in [3.05, 3.63) is 53.5 Å². The first-order chi connectivity index (χ1) is 10.2. The normalized spacial score (nSPS) is 11.0. The van der Waals surface area contributed by atoms with E-state index in [0.29, 0.717) is 0 Å². The first kappa shape index (κ1) is 15.6. The molecule has 1 N–H and O–H groups in total. The van der Waals surface area contributed by atoms with E-state index in [2.05, 4.69) is 30.3 Å². The molecule has 0 radical (unpaired) electrons. The summed E-state index contributed by atoms with van der Waals surface area (Å²) in [5.41, 5.74) is 2.42. The zero-order valence-corrected chi connectivity index (χ0v) is 13.1. The van der Waals surface area contributed by atoms with Crippen molar-refractivity contribution in [3.8, 4) is 5.75 Å². The Bertz CT molecular complexity index is 551. The third-order valence-corrected chi connectivity index (χ3v) is 3.45. The van der Waals surface area contributed by atoms with Crippen molar-refractivity contribution in [3.63, 3.8) is 0 Å². The zero-order valence-electron chi connectivity index (χ0n) is 13.1. The van der Waals surface area contributed by atoms with Crippen LogP contribution >= 0.6 is 0 Å². The van der Waals surface area contributed by atoms with Crippen molar-refractivity contribution in [2.24, 2.45) is 0 Å². The summed E-state index contributed by atoms with van der Waals surface area (Å²) in [6.45, 7) is 5.51. The number of benzene rings is 1. The summed E-state index contributed by atoms with van der Waals surface area (Å²) in [6, 6.07) is 10.2. The minimum Gasteiger partial charge on any atom is -0.496 e. The summed E-state index contributed by atoms with van der Waals surface area (Å²) in [6.07, 6.45) is 1.76. The molecule has 0 spiro atoms. The molecule has 0 amide bonds. The third-order valence-electron chi connectivity index (χ3n) is 3.45. The van der Waals surface area contributed by atoms with Crippen LogP contribution in [-0.2, 0) is 19.6 Å². The molecule has 0 bridgehead atoms. The van der Waals surface area contributed by atoms with Crippen LogP contribution in [0.1, 0.15) is 23.8 Å². The Labute approximate surface area is 126 Å². The number of rotatable bonds is 8. The molecule has 4 nitrogen and oxygen atoms in total. The maximum Gasteiger partial charge on any atom is 0.123 e. The zero-order chi connectivity index (χ0) is 15.1.